The minimum absolute atomic E-state index is 0.00206. The summed E-state index contributed by atoms with van der Waals surface area (Å²) in [7, 11) is -3.93. The van der Waals surface area contributed by atoms with Crippen LogP contribution >= 0.6 is 15.9 Å². The van der Waals surface area contributed by atoms with Gasteiger partial charge >= 0.3 is 5.97 Å². The highest BCUT2D eigenvalue weighted by Crippen LogP contribution is 2.27. The molecule has 6 nitrogen and oxygen atoms in total. The van der Waals surface area contributed by atoms with Crippen molar-refractivity contribution in [1.82, 2.24) is 4.31 Å². The van der Waals surface area contributed by atoms with E-state index in [9.17, 15) is 18.3 Å². The maximum Gasteiger partial charge on any atom is 0.322 e. The molecule has 0 radical (unpaired) electrons. The molecular formula is C11H12BrNO5S. The molecule has 8 heteroatoms. The Bertz CT molecular complexity index is 603. The van der Waals surface area contributed by atoms with E-state index in [1.54, 1.807) is 12.1 Å². The summed E-state index contributed by atoms with van der Waals surface area (Å²) in [6.07, 6.45) is -1.05. The highest BCUT2D eigenvalue weighted by atomic mass is 79.9. The molecule has 1 aromatic carbocycles. The number of sulfonamides is 1. The second-order valence-electron chi connectivity index (χ2n) is 4.28. The Kier molecular flexibility index (Phi) is 3.95. The lowest BCUT2D eigenvalue weighted by atomic mass is 10.2. The molecule has 0 amide bonds. The SMILES string of the molecule is O=C(O)[C@H]1C[C@@H](O)CN1S(=O)(=O)c1cccc(Br)c1. The van der Waals surface area contributed by atoms with Crippen LogP contribution in [0.2, 0.25) is 0 Å². The first-order valence-electron chi connectivity index (χ1n) is 5.50. The quantitative estimate of drug-likeness (QED) is 0.835. The third kappa shape index (κ3) is 2.81. The molecular weight excluding hydrogens is 338 g/mol. The fraction of sp³-hybridized carbons (Fsp3) is 0.364. The first-order valence-corrected chi connectivity index (χ1v) is 7.74. The summed E-state index contributed by atoms with van der Waals surface area (Å²) < 4.78 is 26.2. The molecule has 2 atom stereocenters. The van der Waals surface area contributed by atoms with Crippen LogP contribution in [0.25, 0.3) is 0 Å². The molecule has 0 aliphatic carbocycles. The van der Waals surface area contributed by atoms with Gasteiger partial charge < -0.3 is 10.2 Å². The zero-order valence-electron chi connectivity index (χ0n) is 9.73. The lowest BCUT2D eigenvalue weighted by molar-refractivity contribution is -0.140. The van der Waals surface area contributed by atoms with Crippen LogP contribution < -0.4 is 0 Å². The molecule has 19 heavy (non-hydrogen) atoms. The zero-order chi connectivity index (χ0) is 14.2. The van der Waals surface area contributed by atoms with Gasteiger partial charge in [-0.05, 0) is 18.2 Å². The Hall–Kier alpha value is -0.960. The van der Waals surface area contributed by atoms with Gasteiger partial charge in [0.25, 0.3) is 0 Å². The molecule has 0 saturated carbocycles. The van der Waals surface area contributed by atoms with Crippen LogP contribution in [-0.2, 0) is 14.8 Å². The second kappa shape index (κ2) is 5.20. The normalized spacial score (nSPS) is 24.5. The fourth-order valence-electron chi connectivity index (χ4n) is 2.04. The van der Waals surface area contributed by atoms with E-state index in [1.165, 1.54) is 12.1 Å². The number of halogens is 1. The van der Waals surface area contributed by atoms with Crippen LogP contribution in [0.4, 0.5) is 0 Å². The van der Waals surface area contributed by atoms with E-state index in [0.29, 0.717) is 4.47 Å². The van der Waals surface area contributed by atoms with Crippen molar-refractivity contribution in [3.63, 3.8) is 0 Å². The van der Waals surface area contributed by atoms with Crippen LogP contribution in [0.5, 0.6) is 0 Å². The monoisotopic (exact) mass is 349 g/mol. The summed E-state index contributed by atoms with van der Waals surface area (Å²) in [6, 6.07) is 4.80. The summed E-state index contributed by atoms with van der Waals surface area (Å²) in [5, 5.41) is 18.5. The number of carbonyl (C=O) groups is 1. The number of rotatable bonds is 3. The third-order valence-corrected chi connectivity index (χ3v) is 5.29. The summed E-state index contributed by atoms with van der Waals surface area (Å²) in [6.45, 7) is -0.203. The molecule has 0 spiro atoms. The summed E-state index contributed by atoms with van der Waals surface area (Å²) in [5.41, 5.74) is 0. The molecule has 2 rings (SSSR count). The predicted octanol–water partition coefficient (Wildman–Crippen LogP) is 0.658. The number of aliphatic carboxylic acids is 1. The molecule has 1 aromatic rings. The van der Waals surface area contributed by atoms with Gasteiger partial charge in [-0.3, -0.25) is 4.79 Å². The van der Waals surface area contributed by atoms with Crippen molar-refractivity contribution in [1.29, 1.82) is 0 Å². The van der Waals surface area contributed by atoms with E-state index in [-0.39, 0.29) is 17.9 Å². The van der Waals surface area contributed by atoms with Gasteiger partial charge in [-0.25, -0.2) is 8.42 Å². The van der Waals surface area contributed by atoms with Crippen LogP contribution in [0.1, 0.15) is 6.42 Å². The van der Waals surface area contributed by atoms with Gasteiger partial charge in [0.2, 0.25) is 10.0 Å². The molecule has 1 heterocycles. The predicted molar refractivity (Wildman–Crippen MR) is 70.1 cm³/mol. The molecule has 0 unspecified atom stereocenters. The van der Waals surface area contributed by atoms with Gasteiger partial charge in [-0.15, -0.1) is 0 Å². The molecule has 2 N–H and O–H groups in total. The van der Waals surface area contributed by atoms with E-state index in [0.717, 1.165) is 4.31 Å². The lowest BCUT2D eigenvalue weighted by Crippen LogP contribution is -2.40. The van der Waals surface area contributed by atoms with Crippen molar-refractivity contribution >= 4 is 31.9 Å². The Morgan fingerprint density at radius 3 is 2.68 bits per heavy atom. The van der Waals surface area contributed by atoms with Crippen molar-refractivity contribution in [3.8, 4) is 0 Å². The number of benzene rings is 1. The Labute approximate surface area is 118 Å². The second-order valence-corrected chi connectivity index (χ2v) is 7.08. The molecule has 104 valence electrons. The average molecular weight is 350 g/mol. The first kappa shape index (κ1) is 14.4. The van der Waals surface area contributed by atoms with E-state index in [1.807, 2.05) is 0 Å². The topological polar surface area (TPSA) is 94.9 Å². The van der Waals surface area contributed by atoms with Crippen LogP contribution in [0.15, 0.2) is 33.6 Å². The first-order chi connectivity index (χ1) is 8.82. The Morgan fingerprint density at radius 1 is 1.42 bits per heavy atom. The minimum Gasteiger partial charge on any atom is -0.480 e. The van der Waals surface area contributed by atoms with Crippen LogP contribution in [-0.4, -0.2) is 47.6 Å². The van der Waals surface area contributed by atoms with E-state index in [4.69, 9.17) is 5.11 Å². The summed E-state index contributed by atoms with van der Waals surface area (Å²) in [4.78, 5) is 11.1. The van der Waals surface area contributed by atoms with Gasteiger partial charge in [0, 0.05) is 17.4 Å². The number of nitrogens with zero attached hydrogens (tertiary/aromatic N) is 1. The van der Waals surface area contributed by atoms with Gasteiger partial charge in [0.15, 0.2) is 0 Å². The third-order valence-electron chi connectivity index (χ3n) is 2.92. The Balaban J connectivity index is 2.41. The molecule has 1 saturated heterocycles. The number of carboxylic acids is 1. The number of aliphatic hydroxyl groups is 1. The summed E-state index contributed by atoms with van der Waals surface area (Å²) in [5.74, 6) is -1.25. The number of aliphatic hydroxyl groups excluding tert-OH is 1. The van der Waals surface area contributed by atoms with Crippen LogP contribution in [0.3, 0.4) is 0 Å². The molecule has 1 fully saturated rings. The number of hydrogen-bond donors (Lipinski definition) is 2. The van der Waals surface area contributed by atoms with E-state index >= 15 is 0 Å². The van der Waals surface area contributed by atoms with Crippen molar-refractivity contribution in [2.45, 2.75) is 23.5 Å². The smallest absolute Gasteiger partial charge is 0.322 e. The maximum absolute atomic E-state index is 12.4. The standard InChI is InChI=1S/C11H12BrNO5S/c12-7-2-1-3-9(4-7)19(17,18)13-6-8(14)5-10(13)11(15)16/h1-4,8,10,14H,5-6H2,(H,15,16)/t8-,10-/m1/s1. The highest BCUT2D eigenvalue weighted by Gasteiger charge is 2.43. The molecule has 0 aromatic heterocycles. The van der Waals surface area contributed by atoms with Crippen molar-refractivity contribution in [3.05, 3.63) is 28.7 Å². The minimum atomic E-state index is -3.93. The largest absolute Gasteiger partial charge is 0.480 e. The fourth-order valence-corrected chi connectivity index (χ4v) is 4.26. The number of carboxylic acid groups (broad SMARTS) is 1. The van der Waals surface area contributed by atoms with Gasteiger partial charge in [-0.1, -0.05) is 22.0 Å². The Morgan fingerprint density at radius 2 is 2.11 bits per heavy atom. The zero-order valence-corrected chi connectivity index (χ0v) is 12.1. The van der Waals surface area contributed by atoms with Crippen molar-refractivity contribution < 1.29 is 23.4 Å². The van der Waals surface area contributed by atoms with Crippen molar-refractivity contribution in [2.75, 3.05) is 6.54 Å². The van der Waals surface area contributed by atoms with E-state index < -0.39 is 28.1 Å². The number of β-amino-alcohol motifs (C(OH)–C–C–N with tert-alkyl or cyclic N) is 1. The molecule has 1 aliphatic rings. The summed E-state index contributed by atoms with van der Waals surface area (Å²) >= 11 is 3.17. The van der Waals surface area contributed by atoms with Gasteiger partial charge in [0.05, 0.1) is 11.0 Å². The average Bonchev–Trinajstić information content (AvgIpc) is 2.72. The van der Waals surface area contributed by atoms with Gasteiger partial charge in [0.1, 0.15) is 6.04 Å². The van der Waals surface area contributed by atoms with E-state index in [2.05, 4.69) is 15.9 Å². The van der Waals surface area contributed by atoms with Crippen molar-refractivity contribution in [2.24, 2.45) is 0 Å². The number of hydrogen-bond acceptors (Lipinski definition) is 4. The van der Waals surface area contributed by atoms with Gasteiger partial charge in [-0.2, -0.15) is 4.31 Å². The lowest BCUT2D eigenvalue weighted by Gasteiger charge is -2.20. The molecule has 0 bridgehead atoms. The van der Waals surface area contributed by atoms with Crippen LogP contribution in [0, 0.1) is 0 Å². The molecule has 1 aliphatic heterocycles. The maximum atomic E-state index is 12.4. The highest BCUT2D eigenvalue weighted by molar-refractivity contribution is 9.10.